The summed E-state index contributed by atoms with van der Waals surface area (Å²) in [6.07, 6.45) is 2.56. The largest absolute Gasteiger partial charge is 0.461 e. The molecular formula is C19H23F2N3O2. The van der Waals surface area contributed by atoms with Crippen LogP contribution in [0.5, 0.6) is 0 Å². The summed E-state index contributed by atoms with van der Waals surface area (Å²) in [5.41, 5.74) is 7.58. The highest BCUT2D eigenvalue weighted by Crippen LogP contribution is 2.30. The number of ether oxygens (including phenoxy) is 1. The maximum Gasteiger partial charge on any atom is 0.333 e. The fourth-order valence-electron chi connectivity index (χ4n) is 2.64. The first-order valence-corrected chi connectivity index (χ1v) is 8.21. The lowest BCUT2D eigenvalue weighted by atomic mass is 9.84. The average molecular weight is 363 g/mol. The monoisotopic (exact) mass is 363 g/mol. The molecule has 0 unspecified atom stereocenters. The van der Waals surface area contributed by atoms with E-state index in [4.69, 9.17) is 10.5 Å². The zero-order valence-electron chi connectivity index (χ0n) is 15.1. The minimum atomic E-state index is -2.69. The lowest BCUT2D eigenvalue weighted by Gasteiger charge is -2.29. The number of nitrogens with zero attached hydrogens (tertiary/aromatic N) is 2. The first-order chi connectivity index (χ1) is 12.1. The Labute approximate surface area is 151 Å². The number of esters is 1. The van der Waals surface area contributed by atoms with E-state index in [1.54, 1.807) is 45.0 Å². The van der Waals surface area contributed by atoms with Crippen molar-refractivity contribution in [2.45, 2.75) is 45.4 Å². The Bertz CT molecular complexity index is 784. The normalized spacial score (nSPS) is 13.7. The number of carbonyl (C=O) groups is 1. The van der Waals surface area contributed by atoms with Crippen molar-refractivity contribution in [3.05, 3.63) is 54.4 Å². The first-order valence-electron chi connectivity index (χ1n) is 8.21. The summed E-state index contributed by atoms with van der Waals surface area (Å²) < 4.78 is 31.2. The topological polar surface area (TPSA) is 70.1 Å². The third-order valence-electron chi connectivity index (χ3n) is 3.82. The van der Waals surface area contributed by atoms with Crippen LogP contribution in [0, 0.1) is 0 Å². The molecule has 0 spiro atoms. The Hall–Kier alpha value is -2.54. The van der Waals surface area contributed by atoms with Crippen molar-refractivity contribution in [3.8, 4) is 11.1 Å². The Balaban J connectivity index is 2.34. The molecule has 0 saturated heterocycles. The molecule has 0 aliphatic rings. The van der Waals surface area contributed by atoms with Gasteiger partial charge in [-0.3, -0.25) is 0 Å². The van der Waals surface area contributed by atoms with E-state index in [0.29, 0.717) is 21.4 Å². The molecule has 140 valence electrons. The Morgan fingerprint density at radius 1 is 1.31 bits per heavy atom. The summed E-state index contributed by atoms with van der Waals surface area (Å²) in [5, 5.41) is 3.62. The molecular weight excluding hydrogens is 340 g/mol. The minimum absolute atomic E-state index is 0.237. The summed E-state index contributed by atoms with van der Waals surface area (Å²) in [5.74, 6) is -0.534. The highest BCUT2D eigenvalue weighted by Gasteiger charge is 2.38. The fourth-order valence-corrected chi connectivity index (χ4v) is 2.64. The molecule has 2 rings (SSSR count). The van der Waals surface area contributed by atoms with E-state index in [1.165, 1.54) is 12.4 Å². The molecule has 0 radical (unpaired) electrons. The van der Waals surface area contributed by atoms with Crippen molar-refractivity contribution in [2.75, 3.05) is 0 Å². The standard InChI is InChI=1S/C19H23F2N3O2/c1-12(2)9-19(22,17(25)26-13(3)4)16-7-5-14(6-8-16)15-10-23-24(11-15)18(20)21/h5-8,10-11,13,18H,1,9,22H2,2-4H3/t19-/m1/s1. The molecule has 0 fully saturated rings. The van der Waals surface area contributed by atoms with Crippen molar-refractivity contribution >= 4 is 5.97 Å². The second-order valence-corrected chi connectivity index (χ2v) is 6.62. The van der Waals surface area contributed by atoms with Crippen LogP contribution in [0.15, 0.2) is 48.8 Å². The van der Waals surface area contributed by atoms with Crippen LogP contribution in [0.2, 0.25) is 0 Å². The number of aromatic nitrogens is 2. The molecule has 1 aromatic heterocycles. The predicted molar refractivity (Wildman–Crippen MR) is 95.4 cm³/mol. The minimum Gasteiger partial charge on any atom is -0.461 e. The van der Waals surface area contributed by atoms with Gasteiger partial charge in [0.15, 0.2) is 0 Å². The van der Waals surface area contributed by atoms with Crippen molar-refractivity contribution in [3.63, 3.8) is 0 Å². The van der Waals surface area contributed by atoms with Gasteiger partial charge in [-0.2, -0.15) is 13.9 Å². The van der Waals surface area contributed by atoms with Gasteiger partial charge in [0.2, 0.25) is 0 Å². The van der Waals surface area contributed by atoms with E-state index < -0.39 is 18.1 Å². The number of alkyl halides is 2. The van der Waals surface area contributed by atoms with Crippen LogP contribution in [0.3, 0.4) is 0 Å². The summed E-state index contributed by atoms with van der Waals surface area (Å²) in [6.45, 7) is 6.44. The van der Waals surface area contributed by atoms with Gasteiger partial charge in [0.1, 0.15) is 5.54 Å². The van der Waals surface area contributed by atoms with Gasteiger partial charge in [-0.25, -0.2) is 9.48 Å². The van der Waals surface area contributed by atoms with Gasteiger partial charge >= 0.3 is 12.5 Å². The van der Waals surface area contributed by atoms with Gasteiger partial charge in [0.05, 0.1) is 12.3 Å². The smallest absolute Gasteiger partial charge is 0.333 e. The van der Waals surface area contributed by atoms with Crippen LogP contribution in [0.4, 0.5) is 8.78 Å². The molecule has 0 saturated carbocycles. The van der Waals surface area contributed by atoms with E-state index in [9.17, 15) is 13.6 Å². The van der Waals surface area contributed by atoms with E-state index >= 15 is 0 Å². The Morgan fingerprint density at radius 3 is 2.38 bits per heavy atom. The second kappa shape index (κ2) is 7.78. The SMILES string of the molecule is C=C(C)C[C@](N)(C(=O)OC(C)C)c1ccc(-c2cnn(C(F)F)c2)cc1. The van der Waals surface area contributed by atoms with Gasteiger partial charge in [-0.05, 0) is 31.9 Å². The molecule has 5 nitrogen and oxygen atoms in total. The number of rotatable bonds is 7. The Kier molecular flexibility index (Phi) is 5.92. The summed E-state index contributed by atoms with van der Waals surface area (Å²) >= 11 is 0. The van der Waals surface area contributed by atoms with Crippen LogP contribution in [-0.2, 0) is 15.1 Å². The summed E-state index contributed by atoms with van der Waals surface area (Å²) in [6, 6.07) is 6.81. The molecule has 1 heterocycles. The number of hydrogen-bond donors (Lipinski definition) is 1. The third-order valence-corrected chi connectivity index (χ3v) is 3.82. The van der Waals surface area contributed by atoms with Crippen molar-refractivity contribution in [2.24, 2.45) is 5.73 Å². The van der Waals surface area contributed by atoms with Gasteiger partial charge in [0, 0.05) is 18.2 Å². The van der Waals surface area contributed by atoms with E-state index in [2.05, 4.69) is 11.7 Å². The quantitative estimate of drug-likeness (QED) is 0.596. The van der Waals surface area contributed by atoms with Gasteiger partial charge in [-0.15, -0.1) is 6.58 Å². The molecule has 0 aliphatic carbocycles. The molecule has 0 aliphatic heterocycles. The third kappa shape index (κ3) is 4.35. The molecule has 1 aromatic carbocycles. The zero-order chi connectivity index (χ0) is 19.5. The summed E-state index contributed by atoms with van der Waals surface area (Å²) in [4.78, 5) is 12.6. The molecule has 0 bridgehead atoms. The average Bonchev–Trinajstić information content (AvgIpc) is 3.04. The van der Waals surface area contributed by atoms with Crippen LogP contribution in [-0.4, -0.2) is 21.9 Å². The maximum atomic E-state index is 12.7. The fraction of sp³-hybridized carbons (Fsp3) is 0.368. The van der Waals surface area contributed by atoms with E-state index in [-0.39, 0.29) is 12.5 Å². The lowest BCUT2D eigenvalue weighted by molar-refractivity contribution is -0.154. The molecule has 2 aromatic rings. The van der Waals surface area contributed by atoms with E-state index in [0.717, 1.165) is 5.57 Å². The molecule has 2 N–H and O–H groups in total. The zero-order valence-corrected chi connectivity index (χ0v) is 15.1. The number of hydrogen-bond acceptors (Lipinski definition) is 4. The number of nitrogens with two attached hydrogens (primary N) is 1. The molecule has 7 heteroatoms. The van der Waals surface area contributed by atoms with E-state index in [1.807, 2.05) is 0 Å². The van der Waals surface area contributed by atoms with Crippen LogP contribution >= 0.6 is 0 Å². The van der Waals surface area contributed by atoms with Crippen LogP contribution in [0.25, 0.3) is 11.1 Å². The van der Waals surface area contributed by atoms with Gasteiger partial charge in [-0.1, -0.05) is 29.8 Å². The van der Waals surface area contributed by atoms with Crippen LogP contribution < -0.4 is 5.73 Å². The highest BCUT2D eigenvalue weighted by atomic mass is 19.3. The number of benzene rings is 1. The molecule has 0 amide bonds. The van der Waals surface area contributed by atoms with Gasteiger partial charge < -0.3 is 10.5 Å². The van der Waals surface area contributed by atoms with Crippen LogP contribution in [0.1, 0.15) is 39.3 Å². The predicted octanol–water partition coefficient (Wildman–Crippen LogP) is 4.02. The molecule has 26 heavy (non-hydrogen) atoms. The first kappa shape index (κ1) is 19.8. The number of halogens is 2. The molecule has 1 atom stereocenters. The second-order valence-electron chi connectivity index (χ2n) is 6.62. The Morgan fingerprint density at radius 2 is 1.92 bits per heavy atom. The van der Waals surface area contributed by atoms with Crippen molar-refractivity contribution < 1.29 is 18.3 Å². The van der Waals surface area contributed by atoms with Crippen molar-refractivity contribution in [1.82, 2.24) is 9.78 Å². The van der Waals surface area contributed by atoms with Gasteiger partial charge in [0.25, 0.3) is 0 Å². The number of carbonyl (C=O) groups excluding carboxylic acids is 1. The summed E-state index contributed by atoms with van der Waals surface area (Å²) in [7, 11) is 0. The highest BCUT2D eigenvalue weighted by molar-refractivity contribution is 5.83. The maximum absolute atomic E-state index is 12.7. The van der Waals surface area contributed by atoms with Crippen molar-refractivity contribution in [1.29, 1.82) is 0 Å². The lowest BCUT2D eigenvalue weighted by Crippen LogP contribution is -2.47.